The molecule has 0 aromatic carbocycles. The van der Waals surface area contributed by atoms with Gasteiger partial charge in [-0.2, -0.15) is 0 Å². The normalized spacial score (nSPS) is 10.8. The van der Waals surface area contributed by atoms with Crippen LogP contribution in [0.1, 0.15) is 39.3 Å². The third-order valence-corrected chi connectivity index (χ3v) is 2.74. The van der Waals surface area contributed by atoms with Crippen LogP contribution in [-0.2, 0) is 6.54 Å². The van der Waals surface area contributed by atoms with Crippen molar-refractivity contribution in [1.29, 1.82) is 0 Å². The number of anilines is 1. The summed E-state index contributed by atoms with van der Waals surface area (Å²) in [6.07, 6.45) is 2.32. The Morgan fingerprint density at radius 2 is 2.00 bits per heavy atom. The van der Waals surface area contributed by atoms with E-state index in [4.69, 9.17) is 0 Å². The minimum absolute atomic E-state index is 0.950. The molecule has 0 aliphatic heterocycles. The fraction of sp³-hybridized carbons (Fsp3) is 0.643. The van der Waals surface area contributed by atoms with Crippen LogP contribution < -0.4 is 5.32 Å². The molecule has 0 aliphatic rings. The number of rotatable bonds is 8. The zero-order valence-corrected chi connectivity index (χ0v) is 11.4. The molecule has 1 aromatic rings. The van der Waals surface area contributed by atoms with Gasteiger partial charge >= 0.3 is 0 Å². The average molecular weight is 235 g/mol. The minimum atomic E-state index is 0.950. The monoisotopic (exact) mass is 235 g/mol. The van der Waals surface area contributed by atoms with Crippen LogP contribution in [0.4, 0.5) is 5.82 Å². The van der Waals surface area contributed by atoms with Crippen molar-refractivity contribution >= 4 is 5.82 Å². The summed E-state index contributed by atoms with van der Waals surface area (Å²) in [5.74, 6) is 0.997. The van der Waals surface area contributed by atoms with E-state index in [2.05, 4.69) is 48.1 Å². The summed E-state index contributed by atoms with van der Waals surface area (Å²) in [6, 6.07) is 6.23. The molecule has 3 heteroatoms. The predicted octanol–water partition coefficient (Wildman–Crippen LogP) is 3.14. The number of pyridine rings is 1. The van der Waals surface area contributed by atoms with Gasteiger partial charge in [-0.1, -0.05) is 26.8 Å². The van der Waals surface area contributed by atoms with E-state index >= 15 is 0 Å². The van der Waals surface area contributed by atoms with E-state index in [0.29, 0.717) is 0 Å². The van der Waals surface area contributed by atoms with Crippen molar-refractivity contribution in [3.63, 3.8) is 0 Å². The summed E-state index contributed by atoms with van der Waals surface area (Å²) in [7, 11) is 0. The first-order chi connectivity index (χ1) is 8.30. The van der Waals surface area contributed by atoms with Gasteiger partial charge in [-0.15, -0.1) is 0 Å². The highest BCUT2D eigenvalue weighted by atomic mass is 15.1. The van der Waals surface area contributed by atoms with Crippen molar-refractivity contribution < 1.29 is 0 Å². The van der Waals surface area contributed by atoms with Gasteiger partial charge in [0.05, 0.1) is 5.69 Å². The fourth-order valence-electron chi connectivity index (χ4n) is 1.81. The van der Waals surface area contributed by atoms with Crippen LogP contribution in [-0.4, -0.2) is 29.5 Å². The van der Waals surface area contributed by atoms with E-state index in [1.54, 1.807) is 0 Å². The fourth-order valence-corrected chi connectivity index (χ4v) is 1.81. The topological polar surface area (TPSA) is 28.2 Å². The van der Waals surface area contributed by atoms with Crippen LogP contribution in [0, 0.1) is 0 Å². The maximum Gasteiger partial charge on any atom is 0.126 e. The summed E-state index contributed by atoms with van der Waals surface area (Å²) in [6.45, 7) is 10.8. The number of hydrogen-bond acceptors (Lipinski definition) is 3. The van der Waals surface area contributed by atoms with Gasteiger partial charge < -0.3 is 5.32 Å². The molecular weight excluding hydrogens is 210 g/mol. The Morgan fingerprint density at radius 1 is 1.18 bits per heavy atom. The average Bonchev–Trinajstić information content (AvgIpc) is 2.36. The van der Waals surface area contributed by atoms with Crippen molar-refractivity contribution in [1.82, 2.24) is 9.88 Å². The maximum atomic E-state index is 4.63. The lowest BCUT2D eigenvalue weighted by atomic mass is 10.3. The Bertz CT molecular complexity index is 312. The van der Waals surface area contributed by atoms with Crippen LogP contribution in [0.3, 0.4) is 0 Å². The van der Waals surface area contributed by atoms with Crippen LogP contribution in [0.2, 0.25) is 0 Å². The van der Waals surface area contributed by atoms with Crippen LogP contribution in [0.5, 0.6) is 0 Å². The van der Waals surface area contributed by atoms with Crippen LogP contribution in [0.25, 0.3) is 0 Å². The second-order valence-electron chi connectivity index (χ2n) is 4.31. The van der Waals surface area contributed by atoms with Crippen molar-refractivity contribution in [2.45, 2.75) is 40.2 Å². The van der Waals surface area contributed by atoms with Gasteiger partial charge in [-0.3, -0.25) is 4.90 Å². The van der Waals surface area contributed by atoms with E-state index in [0.717, 1.165) is 44.1 Å². The highest BCUT2D eigenvalue weighted by Gasteiger charge is 2.04. The first kappa shape index (κ1) is 14.0. The summed E-state index contributed by atoms with van der Waals surface area (Å²) >= 11 is 0. The summed E-state index contributed by atoms with van der Waals surface area (Å²) in [5.41, 5.74) is 1.15. The molecule has 0 atom stereocenters. The van der Waals surface area contributed by atoms with Crippen molar-refractivity contribution in [2.75, 3.05) is 25.0 Å². The van der Waals surface area contributed by atoms with Gasteiger partial charge in [-0.05, 0) is 38.1 Å². The zero-order valence-electron chi connectivity index (χ0n) is 11.4. The van der Waals surface area contributed by atoms with Crippen molar-refractivity contribution in [3.05, 3.63) is 23.9 Å². The second-order valence-corrected chi connectivity index (χ2v) is 4.31. The first-order valence-electron chi connectivity index (χ1n) is 6.72. The second kappa shape index (κ2) is 8.07. The van der Waals surface area contributed by atoms with E-state index in [-0.39, 0.29) is 0 Å². The minimum Gasteiger partial charge on any atom is -0.370 e. The molecule has 0 bridgehead atoms. The third-order valence-electron chi connectivity index (χ3n) is 2.74. The Hall–Kier alpha value is -1.09. The predicted molar refractivity (Wildman–Crippen MR) is 74.3 cm³/mol. The van der Waals surface area contributed by atoms with Gasteiger partial charge in [0.2, 0.25) is 0 Å². The molecule has 1 rings (SSSR count). The van der Waals surface area contributed by atoms with Crippen LogP contribution >= 0.6 is 0 Å². The standard InChI is InChI=1S/C14H25N3/c1-4-10-15-14-9-7-8-13(16-14)12-17(6-3)11-5-2/h7-9H,4-6,10-12H2,1-3H3,(H,15,16). The Morgan fingerprint density at radius 3 is 2.65 bits per heavy atom. The lowest BCUT2D eigenvalue weighted by molar-refractivity contribution is 0.277. The van der Waals surface area contributed by atoms with Gasteiger partial charge in [0.1, 0.15) is 5.82 Å². The molecule has 1 aromatic heterocycles. The highest BCUT2D eigenvalue weighted by molar-refractivity contribution is 5.35. The zero-order chi connectivity index (χ0) is 12.5. The van der Waals surface area contributed by atoms with Gasteiger partial charge in [0.25, 0.3) is 0 Å². The molecule has 0 unspecified atom stereocenters. The number of nitrogens with zero attached hydrogens (tertiary/aromatic N) is 2. The first-order valence-corrected chi connectivity index (χ1v) is 6.72. The third kappa shape index (κ3) is 5.18. The maximum absolute atomic E-state index is 4.63. The van der Waals surface area contributed by atoms with Crippen molar-refractivity contribution in [2.24, 2.45) is 0 Å². The lowest BCUT2D eigenvalue weighted by Gasteiger charge is -2.19. The molecule has 3 nitrogen and oxygen atoms in total. The molecule has 96 valence electrons. The number of nitrogens with one attached hydrogen (secondary N) is 1. The van der Waals surface area contributed by atoms with Gasteiger partial charge in [-0.25, -0.2) is 4.98 Å². The molecule has 0 spiro atoms. The molecule has 1 N–H and O–H groups in total. The van der Waals surface area contributed by atoms with Crippen LogP contribution in [0.15, 0.2) is 18.2 Å². The van der Waals surface area contributed by atoms with E-state index < -0.39 is 0 Å². The molecule has 1 heterocycles. The molecule has 0 fully saturated rings. The SMILES string of the molecule is CCCNc1cccc(CN(CC)CCC)n1. The lowest BCUT2D eigenvalue weighted by Crippen LogP contribution is -2.24. The highest BCUT2D eigenvalue weighted by Crippen LogP contribution is 2.07. The Labute approximate surface area is 105 Å². The smallest absolute Gasteiger partial charge is 0.126 e. The van der Waals surface area contributed by atoms with E-state index in [1.165, 1.54) is 6.42 Å². The molecule has 0 radical (unpaired) electrons. The number of aromatic nitrogens is 1. The van der Waals surface area contributed by atoms with Gasteiger partial charge in [0, 0.05) is 13.1 Å². The molecule has 0 amide bonds. The summed E-state index contributed by atoms with van der Waals surface area (Å²) in [5, 5.41) is 3.33. The van der Waals surface area contributed by atoms with Gasteiger partial charge in [0.15, 0.2) is 0 Å². The molecular formula is C14H25N3. The Kier molecular flexibility index (Phi) is 6.63. The number of hydrogen-bond donors (Lipinski definition) is 1. The summed E-state index contributed by atoms with van der Waals surface area (Å²) in [4.78, 5) is 7.05. The van der Waals surface area contributed by atoms with Crippen molar-refractivity contribution in [3.8, 4) is 0 Å². The summed E-state index contributed by atoms with van der Waals surface area (Å²) < 4.78 is 0. The molecule has 0 saturated heterocycles. The Balaban J connectivity index is 2.57. The largest absolute Gasteiger partial charge is 0.370 e. The molecule has 0 saturated carbocycles. The molecule has 17 heavy (non-hydrogen) atoms. The van der Waals surface area contributed by atoms with E-state index in [9.17, 15) is 0 Å². The molecule has 0 aliphatic carbocycles. The van der Waals surface area contributed by atoms with E-state index in [1.807, 2.05) is 6.07 Å². The quantitative estimate of drug-likeness (QED) is 0.750.